The summed E-state index contributed by atoms with van der Waals surface area (Å²) in [6, 6.07) is 0.297. The van der Waals surface area contributed by atoms with Crippen LogP contribution in [0.2, 0.25) is 0 Å². The molecule has 1 aromatic heterocycles. The van der Waals surface area contributed by atoms with Gasteiger partial charge in [0.05, 0.1) is 6.04 Å². The third-order valence-electron chi connectivity index (χ3n) is 2.98. The van der Waals surface area contributed by atoms with Gasteiger partial charge < -0.3 is 10.2 Å². The Labute approximate surface area is 101 Å². The zero-order chi connectivity index (χ0) is 12.3. The lowest BCUT2D eigenvalue weighted by atomic mass is 10.1. The van der Waals surface area contributed by atoms with Gasteiger partial charge in [-0.25, -0.2) is 4.98 Å². The molecule has 0 saturated carbocycles. The van der Waals surface area contributed by atoms with Gasteiger partial charge in [0.1, 0.15) is 5.82 Å². The minimum absolute atomic E-state index is 0.0608. The number of nitrogens with zero attached hydrogens (tertiary/aromatic N) is 3. The summed E-state index contributed by atoms with van der Waals surface area (Å²) in [6.45, 7) is 6.56. The smallest absolute Gasteiger partial charge is 0.293 e. The zero-order valence-corrected chi connectivity index (χ0v) is 10.4. The van der Waals surface area contributed by atoms with E-state index in [1.807, 2.05) is 11.8 Å². The Balaban J connectivity index is 2.09. The first-order valence-electron chi connectivity index (χ1n) is 6.19. The third-order valence-corrected chi connectivity index (χ3v) is 2.98. The average Bonchev–Trinajstić information content (AvgIpc) is 2.73. The summed E-state index contributed by atoms with van der Waals surface area (Å²) in [7, 11) is 0. The normalized spacial score (nSPS) is 15.6. The highest BCUT2D eigenvalue weighted by molar-refractivity contribution is 5.90. The number of hydrogen-bond acceptors (Lipinski definition) is 4. The second-order valence-corrected chi connectivity index (χ2v) is 4.27. The average molecular weight is 237 g/mol. The lowest BCUT2D eigenvalue weighted by molar-refractivity contribution is 0.0603. The van der Waals surface area contributed by atoms with Crippen molar-refractivity contribution in [2.24, 2.45) is 0 Å². The van der Waals surface area contributed by atoms with E-state index in [2.05, 4.69) is 27.4 Å². The van der Waals surface area contributed by atoms with E-state index >= 15 is 0 Å². The van der Waals surface area contributed by atoms with E-state index in [1.54, 1.807) is 0 Å². The molecule has 1 aliphatic heterocycles. The quantitative estimate of drug-likeness (QED) is 0.766. The van der Waals surface area contributed by atoms with Crippen molar-refractivity contribution >= 4 is 5.91 Å². The molecule has 0 aliphatic carbocycles. The van der Waals surface area contributed by atoms with Crippen LogP contribution in [0.4, 0.5) is 0 Å². The number of aromatic amines is 1. The molecule has 1 fully saturated rings. The third kappa shape index (κ3) is 2.46. The number of aromatic nitrogens is 3. The van der Waals surface area contributed by atoms with E-state index in [1.165, 1.54) is 0 Å². The highest BCUT2D eigenvalue weighted by Gasteiger charge is 2.30. The Bertz CT molecular complexity index is 385. The van der Waals surface area contributed by atoms with Crippen molar-refractivity contribution in [3.63, 3.8) is 0 Å². The van der Waals surface area contributed by atoms with E-state index in [0.29, 0.717) is 11.9 Å². The summed E-state index contributed by atoms with van der Waals surface area (Å²) in [4.78, 5) is 18.3. The zero-order valence-electron chi connectivity index (χ0n) is 10.4. The minimum Gasteiger partial charge on any atom is -0.330 e. The summed E-state index contributed by atoms with van der Waals surface area (Å²) in [5.74, 6) is 0.994. The summed E-state index contributed by atoms with van der Waals surface area (Å²) in [5.41, 5.74) is 0. The molecule has 17 heavy (non-hydrogen) atoms. The maximum absolute atomic E-state index is 12.3. The summed E-state index contributed by atoms with van der Waals surface area (Å²) in [6.07, 6.45) is 1.71. The minimum atomic E-state index is -0.0608. The van der Waals surface area contributed by atoms with Crippen LogP contribution in [0.15, 0.2) is 0 Å². The van der Waals surface area contributed by atoms with Crippen molar-refractivity contribution in [3.05, 3.63) is 11.6 Å². The number of aryl methyl sites for hydroxylation is 1. The first-order chi connectivity index (χ1) is 8.26. The van der Waals surface area contributed by atoms with Crippen molar-refractivity contribution in [3.8, 4) is 0 Å². The first-order valence-corrected chi connectivity index (χ1v) is 6.19. The molecule has 2 rings (SSSR count). The number of hydrogen-bond donors (Lipinski definition) is 2. The Morgan fingerprint density at radius 2 is 2.24 bits per heavy atom. The van der Waals surface area contributed by atoms with Gasteiger partial charge in [0, 0.05) is 26.1 Å². The number of carbonyl (C=O) groups is 1. The molecule has 2 N–H and O–H groups in total. The molecule has 0 aromatic carbocycles. The molecule has 0 radical (unpaired) electrons. The largest absolute Gasteiger partial charge is 0.330 e. The summed E-state index contributed by atoms with van der Waals surface area (Å²) < 4.78 is 0. The van der Waals surface area contributed by atoms with Crippen molar-refractivity contribution in [2.45, 2.75) is 32.7 Å². The number of rotatable bonds is 5. The molecule has 6 nitrogen and oxygen atoms in total. The molecule has 2 heterocycles. The Hall–Kier alpha value is -1.43. The van der Waals surface area contributed by atoms with Crippen molar-refractivity contribution in [2.75, 3.05) is 19.6 Å². The molecule has 1 aliphatic rings. The maximum Gasteiger partial charge on any atom is 0.293 e. The van der Waals surface area contributed by atoms with E-state index in [9.17, 15) is 4.79 Å². The van der Waals surface area contributed by atoms with Gasteiger partial charge in [0.2, 0.25) is 5.82 Å². The molecular formula is C11H19N5O. The monoisotopic (exact) mass is 237 g/mol. The fraction of sp³-hybridized carbons (Fsp3) is 0.727. The highest BCUT2D eigenvalue weighted by atomic mass is 16.2. The van der Waals surface area contributed by atoms with Crippen LogP contribution in [0.1, 0.15) is 36.7 Å². The van der Waals surface area contributed by atoms with Gasteiger partial charge in [-0.2, -0.15) is 0 Å². The van der Waals surface area contributed by atoms with Gasteiger partial charge in [-0.05, 0) is 6.42 Å². The van der Waals surface area contributed by atoms with Crippen LogP contribution < -0.4 is 5.32 Å². The predicted octanol–water partition coefficient (Wildman–Crippen LogP) is 0.191. The molecule has 1 saturated heterocycles. The SMILES string of the molecule is CCCN(C(=O)c1n[nH]c(CC)n1)C1CNC1. The number of amides is 1. The van der Waals surface area contributed by atoms with Crippen LogP contribution in [0.25, 0.3) is 0 Å². The fourth-order valence-corrected chi connectivity index (χ4v) is 1.86. The fourth-order valence-electron chi connectivity index (χ4n) is 1.86. The molecule has 6 heteroatoms. The maximum atomic E-state index is 12.3. The summed E-state index contributed by atoms with van der Waals surface area (Å²) >= 11 is 0. The number of nitrogens with one attached hydrogen (secondary N) is 2. The highest BCUT2D eigenvalue weighted by Crippen LogP contribution is 2.10. The Morgan fingerprint density at radius 1 is 1.47 bits per heavy atom. The molecule has 1 aromatic rings. The molecule has 0 bridgehead atoms. The van der Waals surface area contributed by atoms with E-state index in [4.69, 9.17) is 0 Å². The molecule has 94 valence electrons. The molecule has 0 spiro atoms. The topological polar surface area (TPSA) is 73.9 Å². The van der Waals surface area contributed by atoms with Crippen LogP contribution in [0.3, 0.4) is 0 Å². The molecular weight excluding hydrogens is 218 g/mol. The van der Waals surface area contributed by atoms with Crippen LogP contribution in [-0.4, -0.2) is 51.7 Å². The second kappa shape index (κ2) is 5.27. The van der Waals surface area contributed by atoms with Crippen molar-refractivity contribution < 1.29 is 4.79 Å². The first kappa shape index (κ1) is 12.0. The van der Waals surface area contributed by atoms with Gasteiger partial charge >= 0.3 is 0 Å². The van der Waals surface area contributed by atoms with Gasteiger partial charge in [0.25, 0.3) is 5.91 Å². The van der Waals surface area contributed by atoms with Crippen molar-refractivity contribution in [1.82, 2.24) is 25.4 Å². The van der Waals surface area contributed by atoms with Crippen LogP contribution in [0.5, 0.6) is 0 Å². The predicted molar refractivity (Wildman–Crippen MR) is 63.7 cm³/mol. The number of carbonyl (C=O) groups excluding carboxylic acids is 1. The molecule has 0 atom stereocenters. The van der Waals surface area contributed by atoms with Gasteiger partial charge in [0.15, 0.2) is 0 Å². The van der Waals surface area contributed by atoms with Crippen molar-refractivity contribution in [1.29, 1.82) is 0 Å². The summed E-state index contributed by atoms with van der Waals surface area (Å²) in [5, 5.41) is 9.95. The number of H-pyrrole nitrogens is 1. The van der Waals surface area contributed by atoms with E-state index in [0.717, 1.165) is 38.3 Å². The van der Waals surface area contributed by atoms with E-state index in [-0.39, 0.29) is 5.91 Å². The Kier molecular flexibility index (Phi) is 3.73. The molecule has 1 amide bonds. The standard InChI is InChI=1S/C11H19N5O/c1-3-5-16(8-6-12-7-8)11(17)10-13-9(4-2)14-15-10/h8,12H,3-7H2,1-2H3,(H,13,14,15). The second-order valence-electron chi connectivity index (χ2n) is 4.27. The van der Waals surface area contributed by atoms with E-state index < -0.39 is 0 Å². The lowest BCUT2D eigenvalue weighted by Gasteiger charge is -2.37. The van der Waals surface area contributed by atoms with Crippen LogP contribution >= 0.6 is 0 Å². The Morgan fingerprint density at radius 3 is 2.71 bits per heavy atom. The van der Waals surface area contributed by atoms with Gasteiger partial charge in [-0.15, -0.1) is 5.10 Å². The van der Waals surface area contributed by atoms with Gasteiger partial charge in [-0.3, -0.25) is 9.89 Å². The van der Waals surface area contributed by atoms with Crippen LogP contribution in [0, 0.1) is 0 Å². The molecule has 0 unspecified atom stereocenters. The van der Waals surface area contributed by atoms with Gasteiger partial charge in [-0.1, -0.05) is 13.8 Å². The van der Waals surface area contributed by atoms with Crippen LogP contribution in [-0.2, 0) is 6.42 Å². The lowest BCUT2D eigenvalue weighted by Crippen LogP contribution is -2.59.